The molecule has 2 fully saturated rings. The van der Waals surface area contributed by atoms with E-state index in [1.54, 1.807) is 0 Å². The fourth-order valence-corrected chi connectivity index (χ4v) is 6.46. The van der Waals surface area contributed by atoms with Crippen LogP contribution >= 0.6 is 23.8 Å². The fourth-order valence-electron chi connectivity index (χ4n) is 5.93. The van der Waals surface area contributed by atoms with Gasteiger partial charge in [-0.05, 0) is 118 Å². The van der Waals surface area contributed by atoms with Gasteiger partial charge in [-0.1, -0.05) is 23.7 Å². The van der Waals surface area contributed by atoms with E-state index in [2.05, 4.69) is 71.1 Å². The second-order valence-corrected chi connectivity index (χ2v) is 11.0. The van der Waals surface area contributed by atoms with Gasteiger partial charge < -0.3 is 19.5 Å². The van der Waals surface area contributed by atoms with Crippen molar-refractivity contribution in [3.8, 4) is 11.4 Å². The summed E-state index contributed by atoms with van der Waals surface area (Å²) in [5, 5.41) is 4.98. The van der Waals surface area contributed by atoms with Crippen LogP contribution in [-0.4, -0.2) is 20.8 Å². The maximum absolute atomic E-state index is 6.36. The van der Waals surface area contributed by atoms with Gasteiger partial charge in [0.15, 0.2) is 5.11 Å². The smallest absolute Gasteiger partial charge is 0.174 e. The van der Waals surface area contributed by atoms with Crippen LogP contribution in [0, 0.1) is 13.8 Å². The van der Waals surface area contributed by atoms with Gasteiger partial charge in [-0.25, -0.2) is 0 Å². The number of pyridine rings is 1. The Morgan fingerprint density at radius 2 is 1.74 bits per heavy atom. The molecule has 7 heteroatoms. The van der Waals surface area contributed by atoms with Crippen molar-refractivity contribution < 1.29 is 4.74 Å². The lowest BCUT2D eigenvalue weighted by Crippen LogP contribution is -2.29. The third kappa shape index (κ3) is 4.67. The first-order valence-corrected chi connectivity index (χ1v) is 14.0. The highest BCUT2D eigenvalue weighted by Gasteiger charge is 2.42. The molecule has 4 aromatic rings. The van der Waals surface area contributed by atoms with Gasteiger partial charge in [-0.2, -0.15) is 0 Å². The van der Waals surface area contributed by atoms with Crippen molar-refractivity contribution in [1.82, 2.24) is 14.9 Å². The van der Waals surface area contributed by atoms with E-state index in [0.717, 1.165) is 47.0 Å². The highest BCUT2D eigenvalue weighted by Crippen LogP contribution is 2.44. The first-order chi connectivity index (χ1) is 18.5. The summed E-state index contributed by atoms with van der Waals surface area (Å²) < 4.78 is 8.49. The molecule has 3 heterocycles. The Labute approximate surface area is 234 Å². The Morgan fingerprint density at radius 1 is 0.947 bits per heavy atom. The topological polar surface area (TPSA) is 42.3 Å². The average Bonchev–Trinajstić information content (AvgIpc) is 3.63. The molecule has 194 valence electrons. The molecule has 38 heavy (non-hydrogen) atoms. The Kier molecular flexibility index (Phi) is 6.85. The molecule has 6 rings (SSSR count). The SMILES string of the molecule is Cc1cc(C2C(c3ccccn3)NC(=S)N2c2ccc(OC3CCCC3)cc2)c(C)n1-c1cccc(Cl)c1. The molecular weight excluding hydrogens is 512 g/mol. The Balaban J connectivity index is 1.41. The highest BCUT2D eigenvalue weighted by molar-refractivity contribution is 7.80. The number of ether oxygens (including phenoxy) is 1. The Morgan fingerprint density at radius 3 is 2.45 bits per heavy atom. The van der Waals surface area contributed by atoms with Gasteiger partial charge in [0.05, 0.1) is 23.9 Å². The molecule has 0 radical (unpaired) electrons. The number of nitrogens with zero attached hydrogens (tertiary/aromatic N) is 3. The van der Waals surface area contributed by atoms with E-state index in [1.807, 2.05) is 36.5 Å². The summed E-state index contributed by atoms with van der Waals surface area (Å²) in [6.45, 7) is 4.30. The van der Waals surface area contributed by atoms with Crippen LogP contribution < -0.4 is 15.0 Å². The van der Waals surface area contributed by atoms with Crippen molar-refractivity contribution in [2.45, 2.75) is 57.7 Å². The monoisotopic (exact) mass is 542 g/mol. The number of rotatable bonds is 6. The largest absolute Gasteiger partial charge is 0.490 e. The number of thiocarbonyl (C=S) groups is 1. The lowest BCUT2D eigenvalue weighted by molar-refractivity contribution is 0.210. The van der Waals surface area contributed by atoms with Crippen LogP contribution in [0.4, 0.5) is 5.69 Å². The molecule has 2 aromatic heterocycles. The number of aryl methyl sites for hydroxylation is 1. The molecule has 2 unspecified atom stereocenters. The summed E-state index contributed by atoms with van der Waals surface area (Å²) in [7, 11) is 0. The van der Waals surface area contributed by atoms with Gasteiger partial charge in [0.2, 0.25) is 0 Å². The van der Waals surface area contributed by atoms with Gasteiger partial charge in [-0.15, -0.1) is 0 Å². The summed E-state index contributed by atoms with van der Waals surface area (Å²) in [5.74, 6) is 0.913. The summed E-state index contributed by atoms with van der Waals surface area (Å²) in [5.41, 5.74) is 6.50. The maximum Gasteiger partial charge on any atom is 0.174 e. The molecule has 1 saturated heterocycles. The van der Waals surface area contributed by atoms with Crippen LogP contribution in [-0.2, 0) is 0 Å². The summed E-state index contributed by atoms with van der Waals surface area (Å²) >= 11 is 12.3. The summed E-state index contributed by atoms with van der Waals surface area (Å²) in [6.07, 6.45) is 6.94. The third-order valence-electron chi connectivity index (χ3n) is 7.67. The van der Waals surface area contributed by atoms with E-state index in [1.165, 1.54) is 18.4 Å². The van der Waals surface area contributed by atoms with Crippen LogP contribution in [0.25, 0.3) is 5.69 Å². The molecule has 1 saturated carbocycles. The van der Waals surface area contributed by atoms with Crippen molar-refractivity contribution in [3.05, 3.63) is 107 Å². The molecule has 1 N–H and O–H groups in total. The minimum absolute atomic E-state index is 0.0851. The number of anilines is 1. The summed E-state index contributed by atoms with van der Waals surface area (Å²) in [4.78, 5) is 6.93. The normalized spacial score (nSPS) is 19.7. The predicted octanol–water partition coefficient (Wildman–Crippen LogP) is 7.64. The van der Waals surface area contributed by atoms with Crippen molar-refractivity contribution in [1.29, 1.82) is 0 Å². The van der Waals surface area contributed by atoms with E-state index >= 15 is 0 Å². The molecular formula is C31H31ClN4OS. The number of halogens is 1. The van der Waals surface area contributed by atoms with Crippen LogP contribution in [0.1, 0.15) is 60.4 Å². The van der Waals surface area contributed by atoms with Crippen molar-refractivity contribution >= 4 is 34.6 Å². The molecule has 0 bridgehead atoms. The van der Waals surface area contributed by atoms with Gasteiger partial charge in [0, 0.05) is 34.0 Å². The van der Waals surface area contributed by atoms with Gasteiger partial charge >= 0.3 is 0 Å². The first kappa shape index (κ1) is 25.0. The fraction of sp³-hybridized carbons (Fsp3) is 0.290. The molecule has 1 aliphatic heterocycles. The standard InChI is InChI=1S/C31H31ClN4OS/c1-20-18-27(21(2)35(20)24-9-7-8-22(32)19-24)30-29(28-12-5-6-17-33-28)34-31(38)36(30)23-13-15-26(16-14-23)37-25-10-3-4-11-25/h5-9,12-19,25,29-30H,3-4,10-11H2,1-2H3,(H,34,38). The number of aromatic nitrogens is 2. The van der Waals surface area contributed by atoms with Crippen LogP contribution in [0.5, 0.6) is 5.75 Å². The van der Waals surface area contributed by atoms with Crippen molar-refractivity contribution in [3.63, 3.8) is 0 Å². The zero-order valence-corrected chi connectivity index (χ0v) is 23.2. The molecule has 0 amide bonds. The number of hydrogen-bond donors (Lipinski definition) is 1. The van der Waals surface area contributed by atoms with E-state index in [-0.39, 0.29) is 12.1 Å². The highest BCUT2D eigenvalue weighted by atomic mass is 35.5. The van der Waals surface area contributed by atoms with Gasteiger partial charge in [-0.3, -0.25) is 4.98 Å². The minimum atomic E-state index is -0.105. The third-order valence-corrected chi connectivity index (χ3v) is 8.22. The van der Waals surface area contributed by atoms with E-state index in [0.29, 0.717) is 16.2 Å². The van der Waals surface area contributed by atoms with Crippen LogP contribution in [0.3, 0.4) is 0 Å². The van der Waals surface area contributed by atoms with Crippen LogP contribution in [0.2, 0.25) is 5.02 Å². The average molecular weight is 543 g/mol. The molecule has 0 spiro atoms. The van der Waals surface area contributed by atoms with Gasteiger partial charge in [0.1, 0.15) is 5.75 Å². The predicted molar refractivity (Wildman–Crippen MR) is 158 cm³/mol. The van der Waals surface area contributed by atoms with Crippen molar-refractivity contribution in [2.24, 2.45) is 0 Å². The molecule has 2 aromatic carbocycles. The number of benzene rings is 2. The molecule has 2 aliphatic rings. The Bertz CT molecular complexity index is 1450. The minimum Gasteiger partial charge on any atom is -0.490 e. The second kappa shape index (κ2) is 10.4. The first-order valence-electron chi connectivity index (χ1n) is 13.2. The van der Waals surface area contributed by atoms with Crippen LogP contribution in [0.15, 0.2) is 79.0 Å². The van der Waals surface area contributed by atoms with E-state index in [9.17, 15) is 0 Å². The number of hydrogen-bond acceptors (Lipinski definition) is 3. The molecule has 1 aliphatic carbocycles. The van der Waals surface area contributed by atoms with Gasteiger partial charge in [0.25, 0.3) is 0 Å². The van der Waals surface area contributed by atoms with E-state index in [4.69, 9.17) is 33.5 Å². The second-order valence-electron chi connectivity index (χ2n) is 10.2. The quantitative estimate of drug-likeness (QED) is 0.253. The zero-order valence-electron chi connectivity index (χ0n) is 21.6. The lowest BCUT2D eigenvalue weighted by Gasteiger charge is -2.28. The molecule has 5 nitrogen and oxygen atoms in total. The molecule has 2 atom stereocenters. The summed E-state index contributed by atoms with van der Waals surface area (Å²) in [6, 6.07) is 24.4. The Hall–Kier alpha value is -3.35. The zero-order chi connectivity index (χ0) is 26.2. The number of nitrogens with one attached hydrogen (secondary N) is 1. The van der Waals surface area contributed by atoms with E-state index < -0.39 is 0 Å². The lowest BCUT2D eigenvalue weighted by atomic mass is 9.96. The van der Waals surface area contributed by atoms with Crippen molar-refractivity contribution in [2.75, 3.05) is 4.90 Å². The maximum atomic E-state index is 6.36.